The standard InChI is InChI=1S/C16H20F3NO3/c1-11(2)6-5-9-23-14(21)10-20-15(22)12-7-3-4-8-13(12)16(17,18)19/h3-4,7-8,11H,5-6,9-10H2,1-2H3,(H,20,22). The first-order chi connectivity index (χ1) is 10.7. The smallest absolute Gasteiger partial charge is 0.417 e. The summed E-state index contributed by atoms with van der Waals surface area (Å²) >= 11 is 0. The summed E-state index contributed by atoms with van der Waals surface area (Å²) < 4.78 is 43.3. The Labute approximate surface area is 133 Å². The van der Waals surface area contributed by atoms with Crippen LogP contribution in [0.1, 0.15) is 42.6 Å². The van der Waals surface area contributed by atoms with E-state index in [1.165, 1.54) is 12.1 Å². The van der Waals surface area contributed by atoms with Crippen molar-refractivity contribution in [3.8, 4) is 0 Å². The summed E-state index contributed by atoms with van der Waals surface area (Å²) in [5.74, 6) is -1.14. The van der Waals surface area contributed by atoms with E-state index in [4.69, 9.17) is 4.74 Å². The summed E-state index contributed by atoms with van der Waals surface area (Å²) in [6.45, 7) is 3.85. The molecule has 0 bridgehead atoms. The summed E-state index contributed by atoms with van der Waals surface area (Å²) in [6, 6.07) is 4.41. The molecule has 0 atom stereocenters. The Bertz CT molecular complexity index is 542. The number of nitrogens with one attached hydrogen (secondary N) is 1. The second kappa shape index (κ2) is 8.55. The largest absolute Gasteiger partial charge is 0.464 e. The molecule has 0 aliphatic rings. The van der Waals surface area contributed by atoms with Gasteiger partial charge < -0.3 is 10.1 Å². The van der Waals surface area contributed by atoms with Crippen LogP contribution in [-0.4, -0.2) is 25.0 Å². The fourth-order valence-electron chi connectivity index (χ4n) is 1.90. The summed E-state index contributed by atoms with van der Waals surface area (Å²) in [5.41, 5.74) is -1.56. The highest BCUT2D eigenvalue weighted by molar-refractivity contribution is 5.97. The van der Waals surface area contributed by atoms with Crippen LogP contribution in [0.25, 0.3) is 0 Å². The van der Waals surface area contributed by atoms with Crippen LogP contribution < -0.4 is 5.32 Å². The van der Waals surface area contributed by atoms with E-state index in [1.807, 2.05) is 13.8 Å². The average Bonchev–Trinajstić information content (AvgIpc) is 2.48. The van der Waals surface area contributed by atoms with Crippen molar-refractivity contribution in [2.75, 3.05) is 13.2 Å². The van der Waals surface area contributed by atoms with Gasteiger partial charge in [0, 0.05) is 0 Å². The summed E-state index contributed by atoms with van der Waals surface area (Å²) in [7, 11) is 0. The number of ether oxygens (including phenoxy) is 1. The van der Waals surface area contributed by atoms with Crippen LogP contribution in [0.2, 0.25) is 0 Å². The molecular weight excluding hydrogens is 311 g/mol. The van der Waals surface area contributed by atoms with E-state index in [0.29, 0.717) is 12.3 Å². The highest BCUT2D eigenvalue weighted by Gasteiger charge is 2.34. The minimum atomic E-state index is -4.63. The van der Waals surface area contributed by atoms with Crippen LogP contribution in [0.5, 0.6) is 0 Å². The third kappa shape index (κ3) is 6.71. The molecule has 0 spiro atoms. The monoisotopic (exact) mass is 331 g/mol. The Morgan fingerprint density at radius 2 is 1.87 bits per heavy atom. The molecule has 128 valence electrons. The van der Waals surface area contributed by atoms with Crippen LogP contribution in [0.4, 0.5) is 13.2 Å². The lowest BCUT2D eigenvalue weighted by molar-refractivity contribution is -0.142. The number of amides is 1. The van der Waals surface area contributed by atoms with Crippen molar-refractivity contribution in [1.82, 2.24) is 5.32 Å². The topological polar surface area (TPSA) is 55.4 Å². The Morgan fingerprint density at radius 1 is 1.22 bits per heavy atom. The number of rotatable bonds is 7. The Kier molecular flexibility index (Phi) is 7.06. The van der Waals surface area contributed by atoms with E-state index in [0.717, 1.165) is 18.6 Å². The minimum Gasteiger partial charge on any atom is -0.464 e. The van der Waals surface area contributed by atoms with Gasteiger partial charge in [0.15, 0.2) is 0 Å². The maximum atomic E-state index is 12.8. The van der Waals surface area contributed by atoms with Crippen molar-refractivity contribution in [1.29, 1.82) is 0 Å². The minimum absolute atomic E-state index is 0.228. The van der Waals surface area contributed by atoms with Crippen molar-refractivity contribution in [2.24, 2.45) is 5.92 Å². The van der Waals surface area contributed by atoms with E-state index in [2.05, 4.69) is 5.32 Å². The number of hydrogen-bond acceptors (Lipinski definition) is 3. The third-order valence-corrected chi connectivity index (χ3v) is 3.06. The number of carbonyl (C=O) groups excluding carboxylic acids is 2. The van der Waals surface area contributed by atoms with Crippen LogP contribution in [0.15, 0.2) is 24.3 Å². The first-order valence-electron chi connectivity index (χ1n) is 7.32. The normalized spacial score (nSPS) is 11.4. The second-order valence-electron chi connectivity index (χ2n) is 5.48. The van der Waals surface area contributed by atoms with E-state index in [9.17, 15) is 22.8 Å². The first kappa shape index (κ1) is 19.0. The van der Waals surface area contributed by atoms with Crippen LogP contribution in [0, 0.1) is 5.92 Å². The molecule has 0 aliphatic carbocycles. The van der Waals surface area contributed by atoms with Crippen molar-refractivity contribution in [3.63, 3.8) is 0 Å². The van der Waals surface area contributed by atoms with Crippen molar-refractivity contribution in [3.05, 3.63) is 35.4 Å². The zero-order valence-corrected chi connectivity index (χ0v) is 13.1. The lowest BCUT2D eigenvalue weighted by Crippen LogP contribution is -2.32. The van der Waals surface area contributed by atoms with Gasteiger partial charge in [-0.1, -0.05) is 26.0 Å². The quantitative estimate of drug-likeness (QED) is 0.615. The molecule has 0 radical (unpaired) electrons. The maximum Gasteiger partial charge on any atom is 0.417 e. The average molecular weight is 331 g/mol. The molecule has 0 saturated heterocycles. The van der Waals surface area contributed by atoms with Gasteiger partial charge in [0.1, 0.15) is 6.54 Å². The summed E-state index contributed by atoms with van der Waals surface area (Å²) in [6.07, 6.45) is -3.03. The molecule has 0 unspecified atom stereocenters. The van der Waals surface area contributed by atoms with Gasteiger partial charge in [-0.2, -0.15) is 13.2 Å². The zero-order chi connectivity index (χ0) is 17.5. The SMILES string of the molecule is CC(C)CCCOC(=O)CNC(=O)c1ccccc1C(F)(F)F. The van der Waals surface area contributed by atoms with Crippen LogP contribution in [0.3, 0.4) is 0 Å². The molecule has 1 rings (SSSR count). The number of halogens is 3. The van der Waals surface area contributed by atoms with Crippen molar-refractivity contribution < 1.29 is 27.5 Å². The van der Waals surface area contributed by atoms with E-state index in [-0.39, 0.29) is 6.61 Å². The third-order valence-electron chi connectivity index (χ3n) is 3.06. The molecule has 1 aromatic rings. The lowest BCUT2D eigenvalue weighted by atomic mass is 10.1. The van der Waals surface area contributed by atoms with Gasteiger partial charge in [-0.3, -0.25) is 9.59 Å². The van der Waals surface area contributed by atoms with Gasteiger partial charge in [-0.15, -0.1) is 0 Å². The highest BCUT2D eigenvalue weighted by Crippen LogP contribution is 2.31. The van der Waals surface area contributed by atoms with Crippen LogP contribution in [-0.2, 0) is 15.7 Å². The van der Waals surface area contributed by atoms with Crippen molar-refractivity contribution in [2.45, 2.75) is 32.9 Å². The predicted molar refractivity (Wildman–Crippen MR) is 78.8 cm³/mol. The van der Waals surface area contributed by atoms with E-state index in [1.54, 1.807) is 0 Å². The molecule has 0 aliphatic heterocycles. The molecule has 1 amide bonds. The van der Waals surface area contributed by atoms with Gasteiger partial charge in [-0.05, 0) is 30.9 Å². The Hall–Kier alpha value is -2.05. The second-order valence-corrected chi connectivity index (χ2v) is 5.48. The Balaban J connectivity index is 2.50. The number of esters is 1. The van der Waals surface area contributed by atoms with Gasteiger partial charge in [-0.25, -0.2) is 0 Å². The van der Waals surface area contributed by atoms with E-state index < -0.39 is 35.7 Å². The molecule has 0 aromatic heterocycles. The Morgan fingerprint density at radius 3 is 2.48 bits per heavy atom. The first-order valence-corrected chi connectivity index (χ1v) is 7.32. The molecule has 0 fully saturated rings. The number of hydrogen-bond donors (Lipinski definition) is 1. The number of benzene rings is 1. The van der Waals surface area contributed by atoms with E-state index >= 15 is 0 Å². The fraction of sp³-hybridized carbons (Fsp3) is 0.500. The molecule has 23 heavy (non-hydrogen) atoms. The molecule has 0 heterocycles. The van der Waals surface area contributed by atoms with Gasteiger partial charge in [0.25, 0.3) is 5.91 Å². The van der Waals surface area contributed by atoms with Gasteiger partial charge in [0.05, 0.1) is 17.7 Å². The maximum absolute atomic E-state index is 12.8. The fourth-order valence-corrected chi connectivity index (χ4v) is 1.90. The zero-order valence-electron chi connectivity index (χ0n) is 13.1. The number of carbonyl (C=O) groups is 2. The summed E-state index contributed by atoms with van der Waals surface area (Å²) in [5, 5.41) is 2.15. The molecule has 0 saturated carbocycles. The molecule has 4 nitrogen and oxygen atoms in total. The molecule has 1 aromatic carbocycles. The lowest BCUT2D eigenvalue weighted by Gasteiger charge is -2.12. The predicted octanol–water partition coefficient (Wildman–Crippen LogP) is 3.41. The summed E-state index contributed by atoms with van der Waals surface area (Å²) in [4.78, 5) is 23.3. The highest BCUT2D eigenvalue weighted by atomic mass is 19.4. The molecular formula is C16H20F3NO3. The van der Waals surface area contributed by atoms with Gasteiger partial charge >= 0.3 is 12.1 Å². The molecule has 1 N–H and O–H groups in total. The number of alkyl halides is 3. The van der Waals surface area contributed by atoms with Crippen molar-refractivity contribution >= 4 is 11.9 Å². The van der Waals surface area contributed by atoms with Crippen LogP contribution >= 0.6 is 0 Å². The molecule has 7 heteroatoms. The van der Waals surface area contributed by atoms with Gasteiger partial charge in [0.2, 0.25) is 0 Å².